The van der Waals surface area contributed by atoms with Gasteiger partial charge in [0.25, 0.3) is 5.56 Å². The van der Waals surface area contributed by atoms with Gasteiger partial charge in [0.2, 0.25) is 0 Å². The van der Waals surface area contributed by atoms with Crippen molar-refractivity contribution in [2.45, 2.75) is 6.92 Å². The number of aromatic amines is 1. The summed E-state index contributed by atoms with van der Waals surface area (Å²) >= 11 is 0. The molecule has 0 spiro atoms. The number of aryl methyl sites for hydroxylation is 1. The Morgan fingerprint density at radius 2 is 2.08 bits per heavy atom. The number of H-pyrrole nitrogens is 1. The van der Waals surface area contributed by atoms with Crippen molar-refractivity contribution in [1.82, 2.24) is 9.55 Å². The Morgan fingerprint density at radius 3 is 2.42 bits per heavy atom. The van der Waals surface area contributed by atoms with Gasteiger partial charge in [-0.15, -0.1) is 9.24 Å². The van der Waals surface area contributed by atoms with Crippen LogP contribution in [0.2, 0.25) is 0 Å². The maximum absolute atomic E-state index is 10.5. The van der Waals surface area contributed by atoms with Crippen LogP contribution in [-0.2, 0) is 7.05 Å². The summed E-state index contributed by atoms with van der Waals surface area (Å²) in [6.07, 6.45) is 2.58. The number of hydrogen-bond acceptors (Lipinski definition) is 2. The highest BCUT2D eigenvalue weighted by molar-refractivity contribution is 7.16. The lowest BCUT2D eigenvalue weighted by Gasteiger charge is -1.89. The first-order valence-corrected chi connectivity index (χ1v) is 4.39. The summed E-state index contributed by atoms with van der Waals surface area (Å²) in [6, 6.07) is 1.29. The molecule has 0 saturated carbocycles. The highest BCUT2D eigenvalue weighted by Gasteiger charge is 1.85. The fourth-order valence-corrected chi connectivity index (χ4v) is 0.482. The Bertz CT molecular complexity index is 329. The molecule has 1 N–H and O–H groups in total. The van der Waals surface area contributed by atoms with E-state index < -0.39 is 0 Å². The molecule has 0 aromatic carbocycles. The number of rotatable bonds is 0. The SMILES string of the molecule is CCP.Cn1ccc(=O)[nH]c1=O. The number of nitrogens with one attached hydrogen (secondary N) is 1. The van der Waals surface area contributed by atoms with Gasteiger partial charge in [-0.2, -0.15) is 0 Å². The summed E-state index contributed by atoms with van der Waals surface area (Å²) in [5.41, 5.74) is -0.749. The molecule has 0 aliphatic heterocycles. The summed E-state index contributed by atoms with van der Waals surface area (Å²) in [6.45, 7) is 2.09. The van der Waals surface area contributed by atoms with E-state index in [1.165, 1.54) is 23.0 Å². The Morgan fingerprint density at radius 1 is 1.58 bits per heavy atom. The molecule has 68 valence electrons. The van der Waals surface area contributed by atoms with Gasteiger partial charge in [-0.3, -0.25) is 9.78 Å². The third-order valence-corrected chi connectivity index (χ3v) is 1.000. The maximum atomic E-state index is 10.5. The van der Waals surface area contributed by atoms with Gasteiger partial charge in [0, 0.05) is 19.3 Å². The minimum absolute atomic E-state index is 0.363. The van der Waals surface area contributed by atoms with Crippen LogP contribution in [0.3, 0.4) is 0 Å². The topological polar surface area (TPSA) is 54.9 Å². The van der Waals surface area contributed by atoms with Gasteiger partial charge < -0.3 is 4.57 Å². The van der Waals surface area contributed by atoms with Crippen molar-refractivity contribution in [3.8, 4) is 0 Å². The molecule has 5 heteroatoms. The lowest BCUT2D eigenvalue weighted by molar-refractivity contribution is 0.799. The van der Waals surface area contributed by atoms with E-state index in [-0.39, 0.29) is 11.2 Å². The molecule has 0 bridgehead atoms. The quantitative estimate of drug-likeness (QED) is 0.580. The fraction of sp³-hybridized carbons (Fsp3) is 0.429. The molecule has 12 heavy (non-hydrogen) atoms. The zero-order chi connectivity index (χ0) is 9.56. The smallest absolute Gasteiger partial charge is 0.304 e. The van der Waals surface area contributed by atoms with Gasteiger partial charge in [0.15, 0.2) is 0 Å². The van der Waals surface area contributed by atoms with Crippen LogP contribution < -0.4 is 11.2 Å². The van der Waals surface area contributed by atoms with E-state index in [4.69, 9.17) is 0 Å². The van der Waals surface area contributed by atoms with Gasteiger partial charge in [-0.1, -0.05) is 6.92 Å². The third kappa shape index (κ3) is 4.09. The molecule has 4 nitrogen and oxygen atoms in total. The van der Waals surface area contributed by atoms with Crippen molar-refractivity contribution in [3.05, 3.63) is 33.1 Å². The summed E-state index contributed by atoms with van der Waals surface area (Å²) in [5.74, 6) is 0. The van der Waals surface area contributed by atoms with Crippen LogP contribution in [0.25, 0.3) is 0 Å². The van der Waals surface area contributed by atoms with Crippen molar-refractivity contribution in [2.75, 3.05) is 6.16 Å². The Labute approximate surface area is 72.8 Å². The van der Waals surface area contributed by atoms with E-state index in [0.29, 0.717) is 0 Å². The predicted octanol–water partition coefficient (Wildman–Crippen LogP) is -0.0450. The van der Waals surface area contributed by atoms with E-state index in [1.807, 2.05) is 0 Å². The molecular weight excluding hydrogens is 175 g/mol. The first-order chi connectivity index (χ1) is 5.61. The van der Waals surface area contributed by atoms with Crippen LogP contribution in [-0.4, -0.2) is 15.7 Å². The fourth-order valence-electron chi connectivity index (χ4n) is 0.482. The second kappa shape index (κ2) is 5.72. The highest BCUT2D eigenvalue weighted by atomic mass is 31.0. The van der Waals surface area contributed by atoms with Crippen LogP contribution in [0.1, 0.15) is 6.92 Å². The van der Waals surface area contributed by atoms with Crippen LogP contribution >= 0.6 is 9.24 Å². The zero-order valence-electron chi connectivity index (χ0n) is 7.20. The van der Waals surface area contributed by atoms with Crippen molar-refractivity contribution in [1.29, 1.82) is 0 Å². The summed E-state index contributed by atoms with van der Waals surface area (Å²) in [4.78, 5) is 23.0. The highest BCUT2D eigenvalue weighted by Crippen LogP contribution is 1.68. The molecule has 1 atom stereocenters. The number of hydrogen-bond donors (Lipinski definition) is 1. The molecule has 1 aromatic heterocycles. The summed E-state index contributed by atoms with van der Waals surface area (Å²) < 4.78 is 1.29. The molecule has 0 aliphatic rings. The first-order valence-electron chi connectivity index (χ1n) is 3.57. The Kier molecular flexibility index (Phi) is 5.30. The van der Waals surface area contributed by atoms with Crippen LogP contribution in [0.4, 0.5) is 0 Å². The second-order valence-electron chi connectivity index (χ2n) is 2.13. The molecule has 0 aliphatic carbocycles. The molecule has 0 fully saturated rings. The second-order valence-corrected chi connectivity index (χ2v) is 2.95. The van der Waals surface area contributed by atoms with Gasteiger partial charge in [-0.25, -0.2) is 4.79 Å². The van der Waals surface area contributed by atoms with Crippen molar-refractivity contribution >= 4 is 9.24 Å². The van der Waals surface area contributed by atoms with Gasteiger partial charge in [0.1, 0.15) is 0 Å². The van der Waals surface area contributed by atoms with Crippen molar-refractivity contribution < 1.29 is 0 Å². The largest absolute Gasteiger partial charge is 0.328 e. The van der Waals surface area contributed by atoms with Crippen LogP contribution in [0.15, 0.2) is 21.9 Å². The minimum Gasteiger partial charge on any atom is -0.304 e. The van der Waals surface area contributed by atoms with Crippen molar-refractivity contribution in [3.63, 3.8) is 0 Å². The normalized spacial score (nSPS) is 8.58. The maximum Gasteiger partial charge on any atom is 0.328 e. The molecule has 1 rings (SSSR count). The van der Waals surface area contributed by atoms with E-state index in [2.05, 4.69) is 21.1 Å². The molecule has 1 aromatic rings. The lowest BCUT2D eigenvalue weighted by Crippen LogP contribution is -2.26. The molecule has 1 unspecified atom stereocenters. The van der Waals surface area contributed by atoms with Gasteiger partial charge in [0.05, 0.1) is 0 Å². The van der Waals surface area contributed by atoms with E-state index >= 15 is 0 Å². The van der Waals surface area contributed by atoms with Crippen LogP contribution in [0.5, 0.6) is 0 Å². The first kappa shape index (κ1) is 11.1. The molecule has 0 amide bonds. The van der Waals surface area contributed by atoms with E-state index in [9.17, 15) is 9.59 Å². The average molecular weight is 188 g/mol. The molecule has 0 radical (unpaired) electrons. The van der Waals surface area contributed by atoms with Crippen molar-refractivity contribution in [2.24, 2.45) is 7.05 Å². The predicted molar refractivity (Wildman–Crippen MR) is 52.6 cm³/mol. The standard InChI is InChI=1S/C5H6N2O2.C2H7P/c1-7-3-2-4(8)6-5(7)9;1-2-3/h2-3H,1H3,(H,6,8,9);2-3H2,1H3. The summed E-state index contributed by atoms with van der Waals surface area (Å²) in [7, 11) is 4.15. The minimum atomic E-state index is -0.387. The van der Waals surface area contributed by atoms with Gasteiger partial charge >= 0.3 is 5.69 Å². The van der Waals surface area contributed by atoms with Crippen LogP contribution in [0, 0.1) is 0 Å². The molecular formula is C7H13N2O2P. The number of aromatic nitrogens is 2. The zero-order valence-corrected chi connectivity index (χ0v) is 8.36. The lowest BCUT2D eigenvalue weighted by atomic mass is 10.6. The van der Waals surface area contributed by atoms with Gasteiger partial charge in [-0.05, 0) is 6.16 Å². The Balaban J connectivity index is 0.000000354. The summed E-state index contributed by atoms with van der Waals surface area (Å²) in [5, 5.41) is 0. The van der Waals surface area contributed by atoms with E-state index in [1.54, 1.807) is 7.05 Å². The monoisotopic (exact) mass is 188 g/mol. The Hall–Kier alpha value is -0.890. The van der Waals surface area contributed by atoms with E-state index in [0.717, 1.165) is 0 Å². The molecule has 0 saturated heterocycles. The average Bonchev–Trinajstić information content (AvgIpc) is 1.99. The number of nitrogens with zero attached hydrogens (tertiary/aromatic N) is 1. The molecule has 1 heterocycles. The third-order valence-electron chi connectivity index (χ3n) is 1.000.